The Kier molecular flexibility index (Phi) is 2.27. The maximum Gasteiger partial charge on any atom is 0.352 e. The summed E-state index contributed by atoms with van der Waals surface area (Å²) in [6, 6.07) is 5.32. The van der Waals surface area contributed by atoms with E-state index in [1.54, 1.807) is 12.1 Å². The van der Waals surface area contributed by atoms with Crippen LogP contribution in [0.4, 0.5) is 0 Å². The van der Waals surface area contributed by atoms with Gasteiger partial charge in [0.1, 0.15) is 5.69 Å². The summed E-state index contributed by atoms with van der Waals surface area (Å²) in [5, 5.41) is 9.51. The van der Waals surface area contributed by atoms with Crippen molar-refractivity contribution in [1.82, 2.24) is 4.98 Å². The Labute approximate surface area is 91.5 Å². The second kappa shape index (κ2) is 3.48. The quantitative estimate of drug-likeness (QED) is 0.765. The molecule has 0 atom stereocenters. The van der Waals surface area contributed by atoms with Crippen molar-refractivity contribution in [3.63, 3.8) is 0 Å². The molecule has 0 amide bonds. The number of carboxylic acid groups (broad SMARTS) is 1. The molecule has 0 aliphatic heterocycles. The highest BCUT2D eigenvalue weighted by molar-refractivity contribution is 5.92. The average molecular weight is 217 g/mol. The van der Waals surface area contributed by atoms with Crippen LogP contribution in [0, 0.1) is 13.8 Å². The molecule has 1 heterocycles. The van der Waals surface area contributed by atoms with Gasteiger partial charge in [-0.05, 0) is 25.5 Å². The SMILES string of the molecule is Cc1c(C(=O)O)[nH]c2cccc(C)c2c1=O. The zero-order valence-corrected chi connectivity index (χ0v) is 9.00. The predicted molar refractivity (Wildman–Crippen MR) is 61.0 cm³/mol. The van der Waals surface area contributed by atoms with E-state index in [2.05, 4.69) is 4.98 Å². The van der Waals surface area contributed by atoms with Crippen molar-refractivity contribution in [3.05, 3.63) is 45.2 Å². The number of H-pyrrole nitrogens is 1. The first-order chi connectivity index (χ1) is 7.52. The van der Waals surface area contributed by atoms with E-state index in [1.807, 2.05) is 13.0 Å². The van der Waals surface area contributed by atoms with Crippen LogP contribution in [0.5, 0.6) is 0 Å². The number of aromatic nitrogens is 1. The van der Waals surface area contributed by atoms with Crippen LogP contribution in [0.25, 0.3) is 10.9 Å². The molecule has 2 aromatic rings. The molecule has 16 heavy (non-hydrogen) atoms. The number of hydrogen-bond donors (Lipinski definition) is 2. The van der Waals surface area contributed by atoms with Crippen LogP contribution < -0.4 is 5.43 Å². The van der Waals surface area contributed by atoms with Crippen LogP contribution >= 0.6 is 0 Å². The highest BCUT2D eigenvalue weighted by atomic mass is 16.4. The van der Waals surface area contributed by atoms with Crippen LogP contribution in [-0.2, 0) is 0 Å². The van der Waals surface area contributed by atoms with Crippen LogP contribution in [0.2, 0.25) is 0 Å². The molecule has 0 saturated heterocycles. The number of aromatic carboxylic acids is 1. The first-order valence-electron chi connectivity index (χ1n) is 4.88. The molecule has 4 nitrogen and oxygen atoms in total. The summed E-state index contributed by atoms with van der Waals surface area (Å²) in [5.41, 5.74) is 1.40. The number of pyridine rings is 1. The highest BCUT2D eigenvalue weighted by Gasteiger charge is 2.14. The van der Waals surface area contributed by atoms with Gasteiger partial charge in [0.2, 0.25) is 0 Å². The monoisotopic (exact) mass is 217 g/mol. The van der Waals surface area contributed by atoms with E-state index in [0.717, 1.165) is 5.56 Å². The van der Waals surface area contributed by atoms with E-state index in [1.165, 1.54) is 6.92 Å². The molecule has 82 valence electrons. The third-order valence-electron chi connectivity index (χ3n) is 2.69. The number of carbonyl (C=O) groups is 1. The van der Waals surface area contributed by atoms with Crippen molar-refractivity contribution < 1.29 is 9.90 Å². The van der Waals surface area contributed by atoms with Gasteiger partial charge in [-0.3, -0.25) is 4.79 Å². The summed E-state index contributed by atoms with van der Waals surface area (Å²) in [6.07, 6.45) is 0. The Morgan fingerprint density at radius 3 is 2.62 bits per heavy atom. The molecule has 0 saturated carbocycles. The molecule has 0 spiro atoms. The number of benzene rings is 1. The topological polar surface area (TPSA) is 70.2 Å². The van der Waals surface area contributed by atoms with E-state index in [-0.39, 0.29) is 16.7 Å². The van der Waals surface area contributed by atoms with Crippen LogP contribution in [0.1, 0.15) is 21.6 Å². The summed E-state index contributed by atoms with van der Waals surface area (Å²) in [4.78, 5) is 25.7. The fourth-order valence-electron chi connectivity index (χ4n) is 1.82. The molecule has 0 radical (unpaired) electrons. The summed E-state index contributed by atoms with van der Waals surface area (Å²) < 4.78 is 0. The van der Waals surface area contributed by atoms with Crippen LogP contribution in [0.3, 0.4) is 0 Å². The number of nitrogens with one attached hydrogen (secondary N) is 1. The molecule has 2 N–H and O–H groups in total. The minimum absolute atomic E-state index is 0.0388. The second-order valence-corrected chi connectivity index (χ2v) is 3.76. The summed E-state index contributed by atoms with van der Waals surface area (Å²) >= 11 is 0. The molecule has 0 bridgehead atoms. The van der Waals surface area contributed by atoms with Crippen molar-refractivity contribution in [2.75, 3.05) is 0 Å². The Hall–Kier alpha value is -2.10. The third-order valence-corrected chi connectivity index (χ3v) is 2.69. The van der Waals surface area contributed by atoms with E-state index >= 15 is 0 Å². The van der Waals surface area contributed by atoms with Gasteiger partial charge in [-0.15, -0.1) is 0 Å². The van der Waals surface area contributed by atoms with Crippen molar-refractivity contribution in [2.24, 2.45) is 0 Å². The fraction of sp³-hybridized carbons (Fsp3) is 0.167. The third kappa shape index (κ3) is 1.39. The van der Waals surface area contributed by atoms with E-state index in [9.17, 15) is 9.59 Å². The number of aromatic amines is 1. The van der Waals surface area contributed by atoms with Gasteiger partial charge in [0.05, 0.1) is 5.52 Å². The Balaban J connectivity index is 3.00. The fourth-order valence-corrected chi connectivity index (χ4v) is 1.82. The second-order valence-electron chi connectivity index (χ2n) is 3.76. The first kappa shape index (κ1) is 10.4. The Bertz CT molecular complexity index is 640. The number of carboxylic acids is 1. The lowest BCUT2D eigenvalue weighted by atomic mass is 10.1. The standard InChI is InChI=1S/C12H11NO3/c1-6-4-3-5-8-9(6)11(14)7(2)10(13-8)12(15)16/h3-5H,1-2H3,(H,13,14)(H,15,16). The average Bonchev–Trinajstić information content (AvgIpc) is 2.22. The normalized spacial score (nSPS) is 10.6. The van der Waals surface area contributed by atoms with Gasteiger partial charge in [0, 0.05) is 10.9 Å². The molecule has 0 unspecified atom stereocenters. The Morgan fingerprint density at radius 2 is 2.00 bits per heavy atom. The van der Waals surface area contributed by atoms with E-state index < -0.39 is 5.97 Å². The van der Waals surface area contributed by atoms with Gasteiger partial charge in [0.25, 0.3) is 0 Å². The molecule has 2 rings (SSSR count). The highest BCUT2D eigenvalue weighted by Crippen LogP contribution is 2.14. The Morgan fingerprint density at radius 1 is 1.31 bits per heavy atom. The van der Waals surface area contributed by atoms with Crippen molar-refractivity contribution >= 4 is 16.9 Å². The van der Waals surface area contributed by atoms with E-state index in [4.69, 9.17) is 5.11 Å². The number of hydrogen-bond acceptors (Lipinski definition) is 2. The van der Waals surface area contributed by atoms with E-state index in [0.29, 0.717) is 10.9 Å². The number of rotatable bonds is 1. The molecular weight excluding hydrogens is 206 g/mol. The summed E-state index contributed by atoms with van der Waals surface area (Å²) in [5.74, 6) is -1.11. The molecule has 4 heteroatoms. The summed E-state index contributed by atoms with van der Waals surface area (Å²) in [6.45, 7) is 3.35. The summed E-state index contributed by atoms with van der Waals surface area (Å²) in [7, 11) is 0. The van der Waals surface area contributed by atoms with Crippen molar-refractivity contribution in [2.45, 2.75) is 13.8 Å². The van der Waals surface area contributed by atoms with Gasteiger partial charge in [-0.2, -0.15) is 0 Å². The lowest BCUT2D eigenvalue weighted by Gasteiger charge is -2.06. The minimum Gasteiger partial charge on any atom is -0.477 e. The lowest BCUT2D eigenvalue weighted by molar-refractivity contribution is 0.0690. The van der Waals surface area contributed by atoms with Crippen molar-refractivity contribution in [1.29, 1.82) is 0 Å². The maximum atomic E-state index is 12.0. The number of aryl methyl sites for hydroxylation is 1. The van der Waals surface area contributed by atoms with Crippen LogP contribution in [-0.4, -0.2) is 16.1 Å². The molecule has 1 aromatic heterocycles. The van der Waals surface area contributed by atoms with Gasteiger partial charge >= 0.3 is 5.97 Å². The smallest absolute Gasteiger partial charge is 0.352 e. The molecule has 0 aliphatic rings. The van der Waals surface area contributed by atoms with Crippen molar-refractivity contribution in [3.8, 4) is 0 Å². The zero-order chi connectivity index (χ0) is 11.9. The lowest BCUT2D eigenvalue weighted by Crippen LogP contribution is -2.16. The van der Waals surface area contributed by atoms with Crippen LogP contribution in [0.15, 0.2) is 23.0 Å². The first-order valence-corrected chi connectivity index (χ1v) is 4.88. The molecule has 0 fully saturated rings. The molecule has 1 aromatic carbocycles. The zero-order valence-electron chi connectivity index (χ0n) is 9.00. The van der Waals surface area contributed by atoms with Gasteiger partial charge in [-0.25, -0.2) is 4.79 Å². The largest absolute Gasteiger partial charge is 0.477 e. The maximum absolute atomic E-state index is 12.0. The predicted octanol–water partition coefficient (Wildman–Crippen LogP) is 1.84. The van der Waals surface area contributed by atoms with Gasteiger partial charge < -0.3 is 10.1 Å². The van der Waals surface area contributed by atoms with Gasteiger partial charge in [-0.1, -0.05) is 12.1 Å². The number of fused-ring (bicyclic) bond motifs is 1. The minimum atomic E-state index is -1.11. The van der Waals surface area contributed by atoms with Gasteiger partial charge in [0.15, 0.2) is 5.43 Å². The molecule has 0 aliphatic carbocycles. The molecular formula is C12H11NO3.